The summed E-state index contributed by atoms with van der Waals surface area (Å²) in [7, 11) is 1.61. The Morgan fingerprint density at radius 3 is 2.50 bits per heavy atom. The quantitative estimate of drug-likeness (QED) is 0.657. The lowest BCUT2D eigenvalue weighted by molar-refractivity contribution is 0.0698. The third-order valence-electron chi connectivity index (χ3n) is 4.46. The molecule has 2 N–H and O–H groups in total. The van der Waals surface area contributed by atoms with E-state index in [9.17, 15) is 9.90 Å². The first-order valence-corrected chi connectivity index (χ1v) is 9.05. The summed E-state index contributed by atoms with van der Waals surface area (Å²) in [6, 6.07) is 14.8. The first kappa shape index (κ1) is 19.5. The van der Waals surface area contributed by atoms with Gasteiger partial charge in [0.15, 0.2) is 0 Å². The van der Waals surface area contributed by atoms with Gasteiger partial charge in [-0.1, -0.05) is 44.5 Å². The summed E-state index contributed by atoms with van der Waals surface area (Å²) < 4.78 is 7.25. The Balaban J connectivity index is 2.16. The smallest absolute Gasteiger partial charge is 0.337 e. The van der Waals surface area contributed by atoms with Gasteiger partial charge in [-0.05, 0) is 31.2 Å². The van der Waals surface area contributed by atoms with Gasteiger partial charge in [0, 0.05) is 11.5 Å². The molecule has 0 aliphatic carbocycles. The van der Waals surface area contributed by atoms with Crippen LogP contribution in [0.3, 0.4) is 0 Å². The normalized spacial score (nSPS) is 11.3. The molecule has 3 rings (SSSR count). The van der Waals surface area contributed by atoms with E-state index in [1.165, 1.54) is 0 Å². The van der Waals surface area contributed by atoms with Crippen molar-refractivity contribution in [2.45, 2.75) is 33.1 Å². The van der Waals surface area contributed by atoms with Crippen LogP contribution in [0.5, 0.6) is 5.75 Å². The number of benzene rings is 2. The van der Waals surface area contributed by atoms with E-state index >= 15 is 0 Å². The summed E-state index contributed by atoms with van der Waals surface area (Å²) in [6.45, 7) is 8.12. The highest BCUT2D eigenvalue weighted by atomic mass is 16.5. The standard InChI is InChI=1S/C22H25N3O3/c1-14-10-11-16(15(12-14)21(26)27)23-20-13-19(22(2,3)4)24-25(20)17-8-6-7-9-18(17)28-5/h6-13,23H,1-5H3,(H,26,27). The van der Waals surface area contributed by atoms with Crippen LogP contribution < -0.4 is 10.1 Å². The van der Waals surface area contributed by atoms with Crippen molar-refractivity contribution in [1.29, 1.82) is 0 Å². The molecule has 0 saturated carbocycles. The van der Waals surface area contributed by atoms with Gasteiger partial charge in [-0.3, -0.25) is 0 Å². The molecule has 146 valence electrons. The van der Waals surface area contributed by atoms with Crippen LogP contribution in [0.4, 0.5) is 11.5 Å². The van der Waals surface area contributed by atoms with E-state index in [0.29, 0.717) is 17.3 Å². The predicted octanol–water partition coefficient (Wildman–Crippen LogP) is 4.93. The maximum absolute atomic E-state index is 11.7. The van der Waals surface area contributed by atoms with E-state index in [4.69, 9.17) is 9.84 Å². The number of carbonyl (C=O) groups is 1. The molecule has 0 radical (unpaired) electrons. The van der Waals surface area contributed by atoms with Crippen molar-refractivity contribution in [3.05, 3.63) is 65.4 Å². The van der Waals surface area contributed by atoms with Gasteiger partial charge in [-0.2, -0.15) is 5.10 Å². The number of aromatic carboxylic acids is 1. The largest absolute Gasteiger partial charge is 0.494 e. The molecule has 6 heteroatoms. The molecule has 3 aromatic rings. The van der Waals surface area contributed by atoms with Crippen LogP contribution >= 0.6 is 0 Å². The van der Waals surface area contributed by atoms with Gasteiger partial charge in [0.05, 0.1) is 24.1 Å². The lowest BCUT2D eigenvalue weighted by atomic mass is 9.92. The number of aryl methyl sites for hydroxylation is 1. The van der Waals surface area contributed by atoms with Gasteiger partial charge < -0.3 is 15.2 Å². The number of carboxylic acid groups (broad SMARTS) is 1. The minimum Gasteiger partial charge on any atom is -0.494 e. The average Bonchev–Trinajstić information content (AvgIpc) is 3.07. The summed E-state index contributed by atoms with van der Waals surface area (Å²) in [4.78, 5) is 11.7. The fraction of sp³-hybridized carbons (Fsp3) is 0.273. The Bertz CT molecular complexity index is 1020. The molecule has 0 atom stereocenters. The molecular weight excluding hydrogens is 354 g/mol. The number of aromatic nitrogens is 2. The number of methoxy groups -OCH3 is 1. The second-order valence-corrected chi connectivity index (χ2v) is 7.73. The molecule has 0 aliphatic heterocycles. The summed E-state index contributed by atoms with van der Waals surface area (Å²) in [5.74, 6) is 0.364. The topological polar surface area (TPSA) is 76.4 Å². The van der Waals surface area contributed by atoms with Gasteiger partial charge in [-0.25, -0.2) is 9.48 Å². The number of para-hydroxylation sites is 2. The third kappa shape index (κ3) is 3.86. The van der Waals surface area contributed by atoms with Gasteiger partial charge in [0.2, 0.25) is 0 Å². The monoisotopic (exact) mass is 379 g/mol. The molecule has 2 aromatic carbocycles. The molecule has 0 bridgehead atoms. The average molecular weight is 379 g/mol. The SMILES string of the molecule is COc1ccccc1-n1nc(C(C)(C)C)cc1Nc1ccc(C)cc1C(=O)O. The van der Waals surface area contributed by atoms with Crippen molar-refractivity contribution >= 4 is 17.5 Å². The van der Waals surface area contributed by atoms with Crippen LogP contribution in [-0.4, -0.2) is 28.0 Å². The molecule has 0 spiro atoms. The Morgan fingerprint density at radius 1 is 1.14 bits per heavy atom. The zero-order chi connectivity index (χ0) is 20.5. The van der Waals surface area contributed by atoms with Crippen LogP contribution in [0.15, 0.2) is 48.5 Å². The van der Waals surface area contributed by atoms with E-state index in [1.54, 1.807) is 23.9 Å². The Hall–Kier alpha value is -3.28. The number of anilines is 2. The molecular formula is C22H25N3O3. The second-order valence-electron chi connectivity index (χ2n) is 7.73. The van der Waals surface area contributed by atoms with E-state index < -0.39 is 5.97 Å². The highest BCUT2D eigenvalue weighted by molar-refractivity contribution is 5.95. The van der Waals surface area contributed by atoms with Crippen molar-refractivity contribution in [3.8, 4) is 11.4 Å². The lowest BCUT2D eigenvalue weighted by Gasteiger charge is -2.15. The Morgan fingerprint density at radius 2 is 1.86 bits per heavy atom. The summed E-state index contributed by atoms with van der Waals surface area (Å²) >= 11 is 0. The molecule has 0 amide bonds. The first-order chi connectivity index (χ1) is 13.2. The number of nitrogens with zero attached hydrogens (tertiary/aromatic N) is 2. The maximum atomic E-state index is 11.7. The second kappa shape index (κ2) is 7.38. The lowest BCUT2D eigenvalue weighted by Crippen LogP contribution is -2.13. The Kier molecular flexibility index (Phi) is 5.14. The van der Waals surface area contributed by atoms with Crippen molar-refractivity contribution in [2.24, 2.45) is 0 Å². The van der Waals surface area contributed by atoms with E-state index in [1.807, 2.05) is 43.3 Å². The summed E-state index contributed by atoms with van der Waals surface area (Å²) in [6.07, 6.45) is 0. The number of carboxylic acids is 1. The number of nitrogens with one attached hydrogen (secondary N) is 1. The Labute approximate surface area is 164 Å². The molecule has 0 fully saturated rings. The fourth-order valence-electron chi connectivity index (χ4n) is 2.91. The van der Waals surface area contributed by atoms with Crippen molar-refractivity contribution in [3.63, 3.8) is 0 Å². The van der Waals surface area contributed by atoms with Gasteiger partial charge >= 0.3 is 5.97 Å². The summed E-state index contributed by atoms with van der Waals surface area (Å²) in [5.41, 5.74) is 3.08. The van der Waals surface area contributed by atoms with Crippen molar-refractivity contribution < 1.29 is 14.6 Å². The predicted molar refractivity (Wildman–Crippen MR) is 110 cm³/mol. The highest BCUT2D eigenvalue weighted by Crippen LogP contribution is 2.32. The first-order valence-electron chi connectivity index (χ1n) is 9.05. The third-order valence-corrected chi connectivity index (χ3v) is 4.46. The maximum Gasteiger partial charge on any atom is 0.337 e. The van der Waals surface area contributed by atoms with Crippen LogP contribution in [0.1, 0.15) is 42.4 Å². The molecule has 1 aromatic heterocycles. The van der Waals surface area contributed by atoms with Gasteiger partial charge in [0.1, 0.15) is 17.3 Å². The van der Waals surface area contributed by atoms with Crippen molar-refractivity contribution in [1.82, 2.24) is 9.78 Å². The fourth-order valence-corrected chi connectivity index (χ4v) is 2.91. The molecule has 6 nitrogen and oxygen atoms in total. The molecule has 1 heterocycles. The number of hydrogen-bond acceptors (Lipinski definition) is 4. The minimum atomic E-state index is -0.981. The summed E-state index contributed by atoms with van der Waals surface area (Å²) in [5, 5.41) is 17.6. The van der Waals surface area contributed by atoms with Gasteiger partial charge in [-0.15, -0.1) is 0 Å². The van der Waals surface area contributed by atoms with Crippen LogP contribution in [0.2, 0.25) is 0 Å². The minimum absolute atomic E-state index is 0.174. The number of ether oxygens (including phenoxy) is 1. The number of hydrogen-bond donors (Lipinski definition) is 2. The van der Waals surface area contributed by atoms with Crippen LogP contribution in [0, 0.1) is 6.92 Å². The molecule has 0 saturated heterocycles. The number of rotatable bonds is 5. The zero-order valence-electron chi connectivity index (χ0n) is 16.8. The molecule has 0 unspecified atom stereocenters. The van der Waals surface area contributed by atoms with E-state index in [-0.39, 0.29) is 11.0 Å². The van der Waals surface area contributed by atoms with E-state index in [0.717, 1.165) is 16.9 Å². The van der Waals surface area contributed by atoms with Crippen molar-refractivity contribution in [2.75, 3.05) is 12.4 Å². The molecule has 0 aliphatic rings. The molecule has 28 heavy (non-hydrogen) atoms. The van der Waals surface area contributed by atoms with E-state index in [2.05, 4.69) is 26.1 Å². The van der Waals surface area contributed by atoms with Gasteiger partial charge in [0.25, 0.3) is 0 Å². The highest BCUT2D eigenvalue weighted by Gasteiger charge is 2.22. The zero-order valence-corrected chi connectivity index (χ0v) is 16.8. The van der Waals surface area contributed by atoms with Crippen LogP contribution in [0.25, 0.3) is 5.69 Å². The van der Waals surface area contributed by atoms with Crippen LogP contribution in [-0.2, 0) is 5.41 Å².